The maximum absolute atomic E-state index is 5.67. The highest BCUT2D eigenvalue weighted by molar-refractivity contribution is 5.45. The summed E-state index contributed by atoms with van der Waals surface area (Å²) in [7, 11) is 1.69. The van der Waals surface area contributed by atoms with E-state index in [2.05, 4.69) is 39.5 Å². The quantitative estimate of drug-likeness (QED) is 0.875. The van der Waals surface area contributed by atoms with Gasteiger partial charge < -0.3 is 14.8 Å². The first-order valence-corrected chi connectivity index (χ1v) is 9.00. The maximum atomic E-state index is 5.67. The molecule has 1 saturated heterocycles. The smallest absolute Gasteiger partial charge is 0.161 e. The molecule has 0 bridgehead atoms. The molecular formula is C20H27N3O2. The van der Waals surface area contributed by atoms with Gasteiger partial charge in [0, 0.05) is 25.8 Å². The average Bonchev–Trinajstić information content (AvgIpc) is 2.93. The molecular weight excluding hydrogens is 314 g/mol. The van der Waals surface area contributed by atoms with Gasteiger partial charge >= 0.3 is 0 Å². The van der Waals surface area contributed by atoms with Gasteiger partial charge in [-0.3, -0.25) is 9.88 Å². The van der Waals surface area contributed by atoms with Gasteiger partial charge in [-0.2, -0.15) is 0 Å². The first-order chi connectivity index (χ1) is 12.3. The van der Waals surface area contributed by atoms with Gasteiger partial charge in [0.1, 0.15) is 0 Å². The zero-order valence-corrected chi connectivity index (χ0v) is 15.1. The maximum Gasteiger partial charge on any atom is 0.161 e. The number of nitrogens with zero attached hydrogens (tertiary/aromatic N) is 2. The Labute approximate surface area is 150 Å². The second-order valence-corrected chi connectivity index (χ2v) is 6.14. The topological polar surface area (TPSA) is 46.6 Å². The van der Waals surface area contributed by atoms with Crippen LogP contribution in [0.5, 0.6) is 11.5 Å². The van der Waals surface area contributed by atoms with Gasteiger partial charge in [0.15, 0.2) is 11.5 Å². The molecule has 1 unspecified atom stereocenters. The molecule has 0 radical (unpaired) electrons. The van der Waals surface area contributed by atoms with E-state index >= 15 is 0 Å². The van der Waals surface area contributed by atoms with Crippen LogP contribution in [0, 0.1) is 0 Å². The summed E-state index contributed by atoms with van der Waals surface area (Å²) >= 11 is 0. The molecule has 0 spiro atoms. The molecule has 1 atom stereocenters. The van der Waals surface area contributed by atoms with E-state index in [1.807, 2.05) is 25.3 Å². The monoisotopic (exact) mass is 341 g/mol. The highest BCUT2D eigenvalue weighted by Gasteiger charge is 2.25. The minimum absolute atomic E-state index is 0.116. The van der Waals surface area contributed by atoms with Crippen LogP contribution in [0.3, 0.4) is 0 Å². The summed E-state index contributed by atoms with van der Waals surface area (Å²) in [5, 5.41) is 3.48. The number of methoxy groups -OCH3 is 1. The fourth-order valence-electron chi connectivity index (χ4n) is 3.36. The fraction of sp³-hybridized carbons (Fsp3) is 0.450. The van der Waals surface area contributed by atoms with Gasteiger partial charge in [0.2, 0.25) is 0 Å². The Morgan fingerprint density at radius 3 is 2.84 bits per heavy atom. The third-order valence-corrected chi connectivity index (χ3v) is 4.51. The van der Waals surface area contributed by atoms with Crippen molar-refractivity contribution in [1.82, 2.24) is 15.2 Å². The van der Waals surface area contributed by atoms with E-state index in [0.717, 1.165) is 49.8 Å². The predicted molar refractivity (Wildman–Crippen MR) is 99.3 cm³/mol. The predicted octanol–water partition coefficient (Wildman–Crippen LogP) is 2.87. The molecule has 134 valence electrons. The van der Waals surface area contributed by atoms with Crippen molar-refractivity contribution in [3.05, 3.63) is 53.9 Å². The van der Waals surface area contributed by atoms with E-state index in [0.29, 0.717) is 6.61 Å². The summed E-state index contributed by atoms with van der Waals surface area (Å²) in [6, 6.07) is 12.5. The summed E-state index contributed by atoms with van der Waals surface area (Å²) in [5.74, 6) is 1.55. The van der Waals surface area contributed by atoms with Gasteiger partial charge in [-0.25, -0.2) is 0 Å². The molecule has 0 amide bonds. The molecule has 2 heterocycles. The third-order valence-electron chi connectivity index (χ3n) is 4.51. The Morgan fingerprint density at radius 1 is 1.16 bits per heavy atom. The van der Waals surface area contributed by atoms with E-state index in [1.54, 1.807) is 7.11 Å². The van der Waals surface area contributed by atoms with E-state index in [-0.39, 0.29) is 6.04 Å². The Balaban J connectivity index is 1.99. The van der Waals surface area contributed by atoms with Crippen molar-refractivity contribution in [3.8, 4) is 11.5 Å². The first kappa shape index (κ1) is 17.7. The molecule has 1 aromatic heterocycles. The molecule has 5 nitrogen and oxygen atoms in total. The molecule has 1 aliphatic heterocycles. The van der Waals surface area contributed by atoms with Crippen LogP contribution in [0.15, 0.2) is 42.6 Å². The van der Waals surface area contributed by atoms with Crippen LogP contribution in [0.25, 0.3) is 0 Å². The van der Waals surface area contributed by atoms with Crippen LogP contribution in [0.2, 0.25) is 0 Å². The van der Waals surface area contributed by atoms with Crippen molar-refractivity contribution >= 4 is 0 Å². The molecule has 1 aliphatic rings. The lowest BCUT2D eigenvalue weighted by molar-refractivity contribution is 0.236. The van der Waals surface area contributed by atoms with Crippen molar-refractivity contribution in [2.75, 3.05) is 39.9 Å². The van der Waals surface area contributed by atoms with Crippen molar-refractivity contribution < 1.29 is 9.47 Å². The second kappa shape index (κ2) is 8.83. The van der Waals surface area contributed by atoms with E-state index in [1.165, 1.54) is 5.56 Å². The summed E-state index contributed by atoms with van der Waals surface area (Å²) in [4.78, 5) is 7.14. The Hall–Kier alpha value is -2.11. The van der Waals surface area contributed by atoms with Gasteiger partial charge in [-0.1, -0.05) is 12.1 Å². The number of pyridine rings is 1. The van der Waals surface area contributed by atoms with E-state index < -0.39 is 0 Å². The number of rotatable bonds is 6. The largest absolute Gasteiger partial charge is 0.493 e. The summed E-state index contributed by atoms with van der Waals surface area (Å²) in [5.41, 5.74) is 2.25. The van der Waals surface area contributed by atoms with Crippen molar-refractivity contribution in [1.29, 1.82) is 0 Å². The molecule has 1 aromatic carbocycles. The van der Waals surface area contributed by atoms with Crippen molar-refractivity contribution in [2.45, 2.75) is 19.4 Å². The summed E-state index contributed by atoms with van der Waals surface area (Å²) in [6.45, 7) is 6.71. The van der Waals surface area contributed by atoms with E-state index in [4.69, 9.17) is 9.47 Å². The molecule has 25 heavy (non-hydrogen) atoms. The van der Waals surface area contributed by atoms with Gasteiger partial charge in [0.05, 0.1) is 25.5 Å². The SMILES string of the molecule is CCOc1ccc(C(c2ccccn2)N2CCCNCC2)cc1OC. The van der Waals surface area contributed by atoms with E-state index in [9.17, 15) is 0 Å². The molecule has 5 heteroatoms. The normalized spacial score (nSPS) is 16.9. The molecule has 0 aliphatic carbocycles. The zero-order valence-electron chi connectivity index (χ0n) is 15.1. The number of ether oxygens (including phenoxy) is 2. The lowest BCUT2D eigenvalue weighted by Crippen LogP contribution is -2.33. The summed E-state index contributed by atoms with van der Waals surface area (Å²) < 4.78 is 11.2. The lowest BCUT2D eigenvalue weighted by atomic mass is 10.00. The Morgan fingerprint density at radius 2 is 2.08 bits per heavy atom. The number of benzene rings is 1. The molecule has 0 saturated carbocycles. The van der Waals surface area contributed by atoms with Crippen LogP contribution in [-0.2, 0) is 0 Å². The van der Waals surface area contributed by atoms with Crippen LogP contribution in [-0.4, -0.2) is 49.8 Å². The highest BCUT2D eigenvalue weighted by atomic mass is 16.5. The van der Waals surface area contributed by atoms with Gasteiger partial charge in [-0.05, 0) is 49.7 Å². The van der Waals surface area contributed by atoms with Crippen molar-refractivity contribution in [2.24, 2.45) is 0 Å². The number of hydrogen-bond acceptors (Lipinski definition) is 5. The minimum atomic E-state index is 0.116. The van der Waals surface area contributed by atoms with Gasteiger partial charge in [-0.15, -0.1) is 0 Å². The van der Waals surface area contributed by atoms with Crippen LogP contribution in [0.1, 0.15) is 30.6 Å². The lowest BCUT2D eigenvalue weighted by Gasteiger charge is -2.30. The Kier molecular flexibility index (Phi) is 6.25. The molecule has 1 N–H and O–H groups in total. The van der Waals surface area contributed by atoms with Gasteiger partial charge in [0.25, 0.3) is 0 Å². The Bertz CT molecular complexity index is 655. The zero-order chi connectivity index (χ0) is 17.5. The molecule has 1 fully saturated rings. The minimum Gasteiger partial charge on any atom is -0.493 e. The fourth-order valence-corrected chi connectivity index (χ4v) is 3.36. The van der Waals surface area contributed by atoms with Crippen LogP contribution < -0.4 is 14.8 Å². The first-order valence-electron chi connectivity index (χ1n) is 9.00. The van der Waals surface area contributed by atoms with Crippen molar-refractivity contribution in [3.63, 3.8) is 0 Å². The molecule has 2 aromatic rings. The number of nitrogens with one attached hydrogen (secondary N) is 1. The highest BCUT2D eigenvalue weighted by Crippen LogP contribution is 2.35. The number of aromatic nitrogens is 1. The second-order valence-electron chi connectivity index (χ2n) is 6.14. The average molecular weight is 341 g/mol. The van der Waals surface area contributed by atoms with Crippen LogP contribution >= 0.6 is 0 Å². The third kappa shape index (κ3) is 4.30. The standard InChI is InChI=1S/C20H27N3O2/c1-3-25-18-9-8-16(15-19(18)24-2)20(17-7-4-5-11-22-17)23-13-6-10-21-12-14-23/h4-5,7-9,11,15,20-21H,3,6,10,12-14H2,1-2H3. The molecule has 3 rings (SSSR count). The number of hydrogen-bond donors (Lipinski definition) is 1. The summed E-state index contributed by atoms with van der Waals surface area (Å²) in [6.07, 6.45) is 3.00. The van der Waals surface area contributed by atoms with Crippen LogP contribution in [0.4, 0.5) is 0 Å².